The number of azo groups is 1. The standard InChI is InChI=1S/C18H11BrClFN4O/c1-8-4-15(22-14-3-2-9(20)5-11(8)14)24-25-17-12-6-10(21)7-13(19)16(12)23-18(17)26/h2-7,23,26H,1H3. The molecule has 5 nitrogen and oxygen atoms in total. The van der Waals surface area contributed by atoms with Crippen molar-refractivity contribution < 1.29 is 9.50 Å². The second-order valence-corrected chi connectivity index (χ2v) is 7.08. The van der Waals surface area contributed by atoms with Gasteiger partial charge < -0.3 is 10.1 Å². The fraction of sp³-hybridized carbons (Fsp3) is 0.0556. The average molecular weight is 434 g/mol. The van der Waals surface area contributed by atoms with Gasteiger partial charge in [0.2, 0.25) is 5.88 Å². The third kappa shape index (κ3) is 2.93. The van der Waals surface area contributed by atoms with Gasteiger partial charge in [-0.25, -0.2) is 9.37 Å². The van der Waals surface area contributed by atoms with Crippen molar-refractivity contribution in [2.75, 3.05) is 0 Å². The lowest BCUT2D eigenvalue weighted by Crippen LogP contribution is -1.83. The molecule has 2 N–H and O–H groups in total. The highest BCUT2D eigenvalue weighted by Gasteiger charge is 2.14. The van der Waals surface area contributed by atoms with E-state index in [2.05, 4.69) is 36.1 Å². The quantitative estimate of drug-likeness (QED) is 0.345. The van der Waals surface area contributed by atoms with Crippen molar-refractivity contribution in [1.29, 1.82) is 0 Å². The minimum atomic E-state index is -0.448. The molecule has 0 amide bonds. The Hall–Kier alpha value is -2.51. The van der Waals surface area contributed by atoms with Gasteiger partial charge in [-0.15, -0.1) is 10.2 Å². The molecule has 0 spiro atoms. The third-order valence-corrected chi connectivity index (χ3v) is 4.85. The van der Waals surface area contributed by atoms with E-state index in [1.165, 1.54) is 12.1 Å². The van der Waals surface area contributed by atoms with Gasteiger partial charge in [0, 0.05) is 20.3 Å². The number of aromatic nitrogens is 2. The summed E-state index contributed by atoms with van der Waals surface area (Å²) in [6.07, 6.45) is 0. The minimum Gasteiger partial charge on any atom is -0.493 e. The molecule has 0 bridgehead atoms. The molecule has 2 aromatic carbocycles. The number of aromatic amines is 1. The Labute approximate surface area is 160 Å². The summed E-state index contributed by atoms with van der Waals surface area (Å²) >= 11 is 9.28. The van der Waals surface area contributed by atoms with Gasteiger partial charge in [0.05, 0.1) is 11.0 Å². The van der Waals surface area contributed by atoms with Crippen molar-refractivity contribution in [2.24, 2.45) is 10.2 Å². The number of nitrogens with one attached hydrogen (secondary N) is 1. The van der Waals surface area contributed by atoms with Gasteiger partial charge in [-0.05, 0) is 64.8 Å². The van der Waals surface area contributed by atoms with Crippen LogP contribution in [0.4, 0.5) is 15.9 Å². The summed E-state index contributed by atoms with van der Waals surface area (Å²) < 4.78 is 14.2. The van der Waals surface area contributed by atoms with Crippen molar-refractivity contribution in [3.8, 4) is 5.88 Å². The van der Waals surface area contributed by atoms with Crippen LogP contribution in [0.3, 0.4) is 0 Å². The van der Waals surface area contributed by atoms with Gasteiger partial charge in [0.25, 0.3) is 0 Å². The van der Waals surface area contributed by atoms with Crippen LogP contribution in [0.25, 0.3) is 21.8 Å². The molecule has 0 radical (unpaired) electrons. The SMILES string of the molecule is Cc1cc(N=Nc2c(O)[nH]c3c(Br)cc(F)cc23)nc2ccc(Cl)cc12. The van der Waals surface area contributed by atoms with E-state index < -0.39 is 5.82 Å². The molecule has 0 atom stereocenters. The summed E-state index contributed by atoms with van der Waals surface area (Å²) in [6, 6.07) is 9.75. The topological polar surface area (TPSA) is 73.6 Å². The predicted molar refractivity (Wildman–Crippen MR) is 103 cm³/mol. The number of pyridine rings is 1. The predicted octanol–water partition coefficient (Wildman–Crippen LogP) is 6.70. The molecule has 2 aromatic heterocycles. The molecule has 2 heterocycles. The van der Waals surface area contributed by atoms with Crippen molar-refractivity contribution in [2.45, 2.75) is 6.92 Å². The van der Waals surface area contributed by atoms with E-state index in [1.54, 1.807) is 18.2 Å². The average Bonchev–Trinajstić information content (AvgIpc) is 2.90. The third-order valence-electron chi connectivity index (χ3n) is 3.99. The maximum Gasteiger partial charge on any atom is 0.218 e. The van der Waals surface area contributed by atoms with Crippen molar-refractivity contribution in [1.82, 2.24) is 9.97 Å². The number of H-pyrrole nitrogens is 1. The zero-order valence-electron chi connectivity index (χ0n) is 13.4. The molecule has 4 rings (SSSR count). The smallest absolute Gasteiger partial charge is 0.218 e. The number of aryl methyl sites for hydroxylation is 1. The minimum absolute atomic E-state index is 0.149. The first-order chi connectivity index (χ1) is 12.4. The Morgan fingerprint density at radius 2 is 1.96 bits per heavy atom. The van der Waals surface area contributed by atoms with Crippen LogP contribution in [-0.2, 0) is 0 Å². The number of hydrogen-bond acceptors (Lipinski definition) is 4. The maximum atomic E-state index is 13.7. The van der Waals surface area contributed by atoms with E-state index in [-0.39, 0.29) is 11.6 Å². The first-order valence-corrected chi connectivity index (χ1v) is 8.78. The summed E-state index contributed by atoms with van der Waals surface area (Å²) in [7, 11) is 0. The van der Waals surface area contributed by atoms with Gasteiger partial charge in [-0.1, -0.05) is 11.6 Å². The molecular weight excluding hydrogens is 423 g/mol. The van der Waals surface area contributed by atoms with Crippen LogP contribution in [0.1, 0.15) is 5.56 Å². The molecule has 0 aliphatic carbocycles. The monoisotopic (exact) mass is 432 g/mol. The molecule has 8 heteroatoms. The number of halogens is 3. The molecule has 0 saturated carbocycles. The molecule has 0 aliphatic heterocycles. The Balaban J connectivity index is 1.82. The van der Waals surface area contributed by atoms with Gasteiger partial charge in [-0.3, -0.25) is 0 Å². The number of nitrogens with zero attached hydrogens (tertiary/aromatic N) is 3. The van der Waals surface area contributed by atoms with E-state index in [1.807, 2.05) is 13.0 Å². The lowest BCUT2D eigenvalue weighted by molar-refractivity contribution is 0.459. The summed E-state index contributed by atoms with van der Waals surface area (Å²) in [5.41, 5.74) is 2.37. The number of benzene rings is 2. The zero-order valence-corrected chi connectivity index (χ0v) is 15.7. The van der Waals surface area contributed by atoms with Crippen LogP contribution >= 0.6 is 27.5 Å². The van der Waals surface area contributed by atoms with E-state index >= 15 is 0 Å². The Bertz CT molecular complexity index is 1210. The normalized spacial score (nSPS) is 11.8. The summed E-state index contributed by atoms with van der Waals surface area (Å²) in [5, 5.41) is 20.3. The maximum absolute atomic E-state index is 13.7. The summed E-state index contributed by atoms with van der Waals surface area (Å²) in [4.78, 5) is 7.19. The first-order valence-electron chi connectivity index (χ1n) is 7.61. The number of aromatic hydroxyl groups is 1. The molecule has 0 fully saturated rings. The highest BCUT2D eigenvalue weighted by atomic mass is 79.9. The second kappa shape index (κ2) is 6.34. The number of fused-ring (bicyclic) bond motifs is 2. The van der Waals surface area contributed by atoms with Crippen molar-refractivity contribution in [3.05, 3.63) is 57.3 Å². The van der Waals surface area contributed by atoms with Gasteiger partial charge >= 0.3 is 0 Å². The van der Waals surface area contributed by atoms with Crippen molar-refractivity contribution in [3.63, 3.8) is 0 Å². The molecular formula is C18H11BrClFN4O. The van der Waals surface area contributed by atoms with Crippen LogP contribution in [0.15, 0.2) is 51.1 Å². The fourth-order valence-corrected chi connectivity index (χ4v) is 3.50. The zero-order chi connectivity index (χ0) is 18.4. The molecule has 130 valence electrons. The van der Waals surface area contributed by atoms with Gasteiger partial charge in [0.15, 0.2) is 11.5 Å². The summed E-state index contributed by atoms with van der Waals surface area (Å²) in [5.74, 6) is -0.266. The van der Waals surface area contributed by atoms with Crippen LogP contribution < -0.4 is 0 Å². The first kappa shape index (κ1) is 16.9. The van der Waals surface area contributed by atoms with Gasteiger partial charge in [0.1, 0.15) is 5.82 Å². The second-order valence-electron chi connectivity index (χ2n) is 5.79. The van der Waals surface area contributed by atoms with Crippen LogP contribution in [0.2, 0.25) is 5.02 Å². The number of hydrogen-bond donors (Lipinski definition) is 2. The van der Waals surface area contributed by atoms with E-state index in [0.717, 1.165) is 16.5 Å². The summed E-state index contributed by atoms with van der Waals surface area (Å²) in [6.45, 7) is 1.93. The molecule has 0 saturated heterocycles. The lowest BCUT2D eigenvalue weighted by atomic mass is 10.1. The Morgan fingerprint density at radius 3 is 2.77 bits per heavy atom. The Kier molecular flexibility index (Phi) is 4.13. The molecule has 4 aromatic rings. The Morgan fingerprint density at radius 1 is 1.15 bits per heavy atom. The highest BCUT2D eigenvalue weighted by molar-refractivity contribution is 9.10. The van der Waals surface area contributed by atoms with Crippen LogP contribution in [0.5, 0.6) is 5.88 Å². The van der Waals surface area contributed by atoms with E-state index in [4.69, 9.17) is 11.6 Å². The van der Waals surface area contributed by atoms with Gasteiger partial charge in [-0.2, -0.15) is 0 Å². The fourth-order valence-electron chi connectivity index (χ4n) is 2.79. The van der Waals surface area contributed by atoms with E-state index in [9.17, 15) is 9.50 Å². The number of rotatable bonds is 2. The molecule has 26 heavy (non-hydrogen) atoms. The lowest BCUT2D eigenvalue weighted by Gasteiger charge is -2.03. The van der Waals surface area contributed by atoms with Crippen molar-refractivity contribution >= 4 is 60.8 Å². The highest BCUT2D eigenvalue weighted by Crippen LogP contribution is 2.39. The van der Waals surface area contributed by atoms with Crippen LogP contribution in [0, 0.1) is 12.7 Å². The van der Waals surface area contributed by atoms with E-state index in [0.29, 0.717) is 26.2 Å². The largest absolute Gasteiger partial charge is 0.493 e. The van der Waals surface area contributed by atoms with Crippen LogP contribution in [-0.4, -0.2) is 15.1 Å². The molecule has 0 unspecified atom stereocenters. The molecule has 0 aliphatic rings.